The van der Waals surface area contributed by atoms with Gasteiger partial charge in [0.1, 0.15) is 0 Å². The van der Waals surface area contributed by atoms with E-state index in [-0.39, 0.29) is 4.35 Å². The minimum atomic E-state index is -1.29. The van der Waals surface area contributed by atoms with E-state index in [9.17, 15) is 8.13 Å². The van der Waals surface area contributed by atoms with Crippen molar-refractivity contribution in [2.75, 3.05) is 0 Å². The van der Waals surface area contributed by atoms with Gasteiger partial charge in [0.25, 0.3) is 0 Å². The average molecular weight is 344 g/mol. The summed E-state index contributed by atoms with van der Waals surface area (Å²) in [5.74, 6) is -0.436. The van der Waals surface area contributed by atoms with Crippen LogP contribution in [0.15, 0.2) is 21.1 Å². The van der Waals surface area contributed by atoms with Gasteiger partial charge in [-0.25, -0.2) is 0 Å². The molecule has 5 heteroatoms. The Bertz CT molecular complexity index is 303. The summed E-state index contributed by atoms with van der Waals surface area (Å²) in [4.78, 5) is 0. The number of benzene rings is 1. The van der Waals surface area contributed by atoms with Crippen LogP contribution in [0.4, 0.5) is 4.39 Å². The van der Waals surface area contributed by atoms with Crippen molar-refractivity contribution in [2.24, 2.45) is 0 Å². The van der Waals surface area contributed by atoms with Crippen molar-refractivity contribution in [2.45, 2.75) is 0 Å². The van der Waals surface area contributed by atoms with Gasteiger partial charge in [0.2, 0.25) is 0 Å². The van der Waals surface area contributed by atoms with E-state index in [1.165, 1.54) is 6.07 Å². The van der Waals surface area contributed by atoms with Crippen LogP contribution in [-0.2, 0) is 3.74 Å². The predicted molar refractivity (Wildman–Crippen MR) is 47.9 cm³/mol. The minimum absolute atomic E-state index is 0.274. The van der Waals surface area contributed by atoms with Crippen molar-refractivity contribution in [1.82, 2.24) is 0 Å². The van der Waals surface area contributed by atoms with Crippen LogP contribution in [-0.4, -0.2) is 15.7 Å². The summed E-state index contributed by atoms with van der Waals surface area (Å²) in [7, 11) is 0. The van der Waals surface area contributed by atoms with Gasteiger partial charge in [-0.15, -0.1) is 0 Å². The first-order valence-electron chi connectivity index (χ1n) is 2.63. The van der Waals surface area contributed by atoms with Gasteiger partial charge in [0.15, 0.2) is 0 Å². The molecule has 0 spiro atoms. The Morgan fingerprint density at radius 1 is 1.36 bits per heavy atom. The summed E-state index contributed by atoms with van der Waals surface area (Å²) in [6.45, 7) is 0. The fourth-order valence-corrected chi connectivity index (χ4v) is 2.26. The van der Waals surface area contributed by atoms with Crippen LogP contribution in [0.5, 0.6) is 0 Å². The molecule has 1 aromatic carbocycles. The van der Waals surface area contributed by atoms with Crippen molar-refractivity contribution >= 4 is 51.9 Å². The van der Waals surface area contributed by atoms with E-state index in [1.807, 2.05) is 0 Å². The molecule has 0 heterocycles. The fraction of sp³-hybridized carbons (Fsp3) is 0. The Morgan fingerprint density at radius 3 is 2.55 bits per heavy atom. The molecule has 0 amide bonds. The molecule has 0 fully saturated rings. The second-order valence-corrected chi connectivity index (χ2v) is 4.83. The predicted octanol–water partition coefficient (Wildman–Crippen LogP) is 2.03. The summed E-state index contributed by atoms with van der Waals surface area (Å²) in [5.41, 5.74) is 0. The molecule has 0 aromatic heterocycles. The Kier molecular flexibility index (Phi) is 3.41. The van der Waals surface area contributed by atoms with Crippen LogP contribution in [0.2, 0.25) is 0 Å². The zero-order valence-corrected chi connectivity index (χ0v) is 10.2. The Balaban J connectivity index is 3.36. The molecule has 0 bridgehead atoms. The first-order valence-corrected chi connectivity index (χ1v) is 5.92. The molecular formula is C6H2AsBr2FO. The Morgan fingerprint density at radius 2 is 2.00 bits per heavy atom. The summed E-state index contributed by atoms with van der Waals surface area (Å²) in [5, 5.41) is 0. The molecule has 0 aliphatic carbocycles. The maximum absolute atomic E-state index is 13.0. The molecule has 1 nitrogen and oxygen atoms in total. The second-order valence-electron chi connectivity index (χ2n) is 1.79. The molecule has 0 saturated heterocycles. The summed E-state index contributed by atoms with van der Waals surface area (Å²) in [6, 6.07) is 3.17. The first kappa shape index (κ1) is 9.56. The van der Waals surface area contributed by atoms with Gasteiger partial charge in [-0.2, -0.15) is 0 Å². The zero-order valence-electron chi connectivity index (χ0n) is 5.14. The molecule has 0 aliphatic rings. The Labute approximate surface area is 86.5 Å². The molecule has 58 valence electrons. The van der Waals surface area contributed by atoms with E-state index in [0.29, 0.717) is 8.95 Å². The van der Waals surface area contributed by atoms with Crippen molar-refractivity contribution in [3.05, 3.63) is 26.9 Å². The molecule has 0 atom stereocenters. The van der Waals surface area contributed by atoms with Crippen LogP contribution in [0.1, 0.15) is 0 Å². The molecule has 0 saturated carbocycles. The van der Waals surface area contributed by atoms with Crippen LogP contribution in [0, 0.1) is 5.82 Å². The number of halogens is 3. The van der Waals surface area contributed by atoms with Gasteiger partial charge in [0, 0.05) is 0 Å². The molecular weight excluding hydrogens is 342 g/mol. The monoisotopic (exact) mass is 342 g/mol. The fourth-order valence-electron chi connectivity index (χ4n) is 0.586. The van der Waals surface area contributed by atoms with E-state index < -0.39 is 21.5 Å². The topological polar surface area (TPSA) is 17.1 Å². The number of rotatable bonds is 1. The van der Waals surface area contributed by atoms with Crippen molar-refractivity contribution in [1.29, 1.82) is 0 Å². The number of hydrogen-bond donors (Lipinski definition) is 0. The van der Waals surface area contributed by atoms with E-state index in [0.717, 1.165) is 0 Å². The normalized spacial score (nSPS) is 10.5. The quantitative estimate of drug-likeness (QED) is 0.563. The van der Waals surface area contributed by atoms with Crippen molar-refractivity contribution < 1.29 is 8.13 Å². The van der Waals surface area contributed by atoms with E-state index in [2.05, 4.69) is 31.9 Å². The van der Waals surface area contributed by atoms with Gasteiger partial charge < -0.3 is 0 Å². The maximum atomic E-state index is 13.0. The zero-order chi connectivity index (χ0) is 8.43. The number of hydrogen-bond acceptors (Lipinski definition) is 1. The van der Waals surface area contributed by atoms with Crippen molar-refractivity contribution in [3.63, 3.8) is 0 Å². The van der Waals surface area contributed by atoms with E-state index in [1.54, 1.807) is 6.07 Å². The second kappa shape index (κ2) is 3.92. The summed E-state index contributed by atoms with van der Waals surface area (Å²) in [6.07, 6.45) is 0. The third-order valence-corrected chi connectivity index (χ3v) is 4.22. The first-order chi connectivity index (χ1) is 5.16. The van der Waals surface area contributed by atoms with Gasteiger partial charge >= 0.3 is 86.9 Å². The molecule has 11 heavy (non-hydrogen) atoms. The molecule has 0 aliphatic heterocycles. The van der Waals surface area contributed by atoms with Crippen LogP contribution < -0.4 is 4.35 Å². The molecule has 0 N–H and O–H groups in total. The molecule has 1 rings (SSSR count). The summed E-state index contributed by atoms with van der Waals surface area (Å²) >= 11 is 4.87. The SMILES string of the molecule is O=[As]c1ccc(Br)c(Br)c1F. The van der Waals surface area contributed by atoms with Crippen LogP contribution in [0.25, 0.3) is 0 Å². The summed E-state index contributed by atoms with van der Waals surface area (Å²) < 4.78 is 24.7. The molecule has 0 radical (unpaired) electrons. The van der Waals surface area contributed by atoms with Gasteiger partial charge in [0.05, 0.1) is 0 Å². The third-order valence-electron chi connectivity index (χ3n) is 1.11. The van der Waals surface area contributed by atoms with Gasteiger partial charge in [-0.3, -0.25) is 0 Å². The Hall–Kier alpha value is 0.468. The van der Waals surface area contributed by atoms with E-state index >= 15 is 0 Å². The van der Waals surface area contributed by atoms with Crippen molar-refractivity contribution in [3.8, 4) is 0 Å². The molecule has 1 aromatic rings. The standard InChI is InChI=1S/C6H2AsBr2FO/c8-4-2-1-3(7-11)6(10)5(4)9/h1-2H. The van der Waals surface area contributed by atoms with Gasteiger partial charge in [-0.05, 0) is 0 Å². The molecule has 0 unspecified atom stereocenters. The third kappa shape index (κ3) is 1.98. The van der Waals surface area contributed by atoms with Crippen LogP contribution >= 0.6 is 31.9 Å². The average Bonchev–Trinajstić information content (AvgIpc) is 2.01. The van der Waals surface area contributed by atoms with Crippen LogP contribution in [0.3, 0.4) is 0 Å². The van der Waals surface area contributed by atoms with E-state index in [4.69, 9.17) is 0 Å². The van der Waals surface area contributed by atoms with Gasteiger partial charge in [-0.1, -0.05) is 0 Å².